The Kier molecular flexibility index (Phi) is 2.95. The third-order valence-corrected chi connectivity index (χ3v) is 3.47. The summed E-state index contributed by atoms with van der Waals surface area (Å²) in [5.41, 5.74) is 4.87. The molecule has 3 aliphatic heterocycles. The van der Waals surface area contributed by atoms with Crippen molar-refractivity contribution in [3.63, 3.8) is 0 Å². The molecular formula is C10H13N5O6. The van der Waals surface area contributed by atoms with Crippen LogP contribution in [0.4, 0.5) is 4.79 Å². The van der Waals surface area contributed by atoms with Gasteiger partial charge in [-0.1, -0.05) is 0 Å². The molecule has 3 heterocycles. The zero-order valence-electron chi connectivity index (χ0n) is 10.6. The molecule has 0 radical (unpaired) electrons. The number of fused-ring (bicyclic) bond motifs is 1. The maximum Gasteiger partial charge on any atom is 0.350 e. The number of urea groups is 1. The highest BCUT2D eigenvalue weighted by Crippen LogP contribution is 2.34. The molecule has 6 N–H and O–H groups in total. The van der Waals surface area contributed by atoms with E-state index in [0.717, 1.165) is 0 Å². The van der Waals surface area contributed by atoms with E-state index in [1.165, 1.54) is 0 Å². The van der Waals surface area contributed by atoms with Crippen LogP contribution in [-0.4, -0.2) is 74.7 Å². The number of amides is 3. The number of hydrogen-bond donors (Lipinski definition) is 5. The van der Waals surface area contributed by atoms with E-state index in [2.05, 4.69) is 15.3 Å². The molecular weight excluding hydrogens is 286 g/mol. The molecule has 1 fully saturated rings. The summed E-state index contributed by atoms with van der Waals surface area (Å²) in [4.78, 5) is 31.5. The van der Waals surface area contributed by atoms with Crippen molar-refractivity contribution in [3.8, 4) is 0 Å². The van der Waals surface area contributed by atoms with Gasteiger partial charge in [0.05, 0.1) is 12.7 Å². The van der Waals surface area contributed by atoms with Crippen molar-refractivity contribution in [2.24, 2.45) is 15.7 Å². The molecule has 11 heteroatoms. The van der Waals surface area contributed by atoms with E-state index in [0.29, 0.717) is 4.90 Å². The van der Waals surface area contributed by atoms with Gasteiger partial charge >= 0.3 is 6.03 Å². The van der Waals surface area contributed by atoms with Crippen LogP contribution in [0.5, 0.6) is 0 Å². The Hall–Kier alpha value is -2.08. The molecule has 1 saturated heterocycles. The van der Waals surface area contributed by atoms with Crippen molar-refractivity contribution in [3.05, 3.63) is 0 Å². The minimum absolute atomic E-state index is 0.0703. The molecule has 3 aliphatic rings. The van der Waals surface area contributed by atoms with Gasteiger partial charge in [-0.3, -0.25) is 10.1 Å². The maximum absolute atomic E-state index is 12.0. The fraction of sp³-hybridized carbons (Fsp3) is 0.600. The molecule has 114 valence electrons. The molecule has 0 aromatic heterocycles. The maximum atomic E-state index is 12.0. The van der Waals surface area contributed by atoms with Crippen molar-refractivity contribution in [1.82, 2.24) is 10.2 Å². The Bertz CT molecular complexity index is 576. The van der Waals surface area contributed by atoms with Crippen LogP contribution in [0, 0.1) is 0 Å². The van der Waals surface area contributed by atoms with Gasteiger partial charge in [-0.15, -0.1) is 0 Å². The van der Waals surface area contributed by atoms with E-state index in [1.807, 2.05) is 0 Å². The van der Waals surface area contributed by atoms with Gasteiger partial charge in [0.2, 0.25) is 0 Å². The van der Waals surface area contributed by atoms with E-state index in [-0.39, 0.29) is 12.4 Å². The second-order valence-electron chi connectivity index (χ2n) is 4.81. The topological polar surface area (TPSA) is 170 Å². The monoisotopic (exact) mass is 299 g/mol. The van der Waals surface area contributed by atoms with Gasteiger partial charge in [-0.05, 0) is 0 Å². The average Bonchev–Trinajstić information content (AvgIpc) is 2.86. The van der Waals surface area contributed by atoms with E-state index in [1.54, 1.807) is 0 Å². The summed E-state index contributed by atoms with van der Waals surface area (Å²) in [5.74, 6) is -3.60. The van der Waals surface area contributed by atoms with Crippen molar-refractivity contribution < 1.29 is 29.6 Å². The second kappa shape index (κ2) is 4.46. The molecule has 1 unspecified atom stereocenters. The van der Waals surface area contributed by atoms with E-state index in [9.17, 15) is 19.8 Å². The summed E-state index contributed by atoms with van der Waals surface area (Å²) in [6, 6.07) is -0.947. The highest BCUT2D eigenvalue weighted by molar-refractivity contribution is 6.48. The predicted molar refractivity (Wildman–Crippen MR) is 65.8 cm³/mol. The quantitative estimate of drug-likeness (QED) is 0.351. The van der Waals surface area contributed by atoms with Crippen LogP contribution in [0.2, 0.25) is 0 Å². The molecule has 0 spiro atoms. The van der Waals surface area contributed by atoms with Crippen molar-refractivity contribution in [1.29, 1.82) is 0 Å². The first-order valence-electron chi connectivity index (χ1n) is 6.12. The highest BCUT2D eigenvalue weighted by atomic mass is 16.6. The number of nitrogens with zero attached hydrogens (tertiary/aromatic N) is 3. The smallest absolute Gasteiger partial charge is 0.350 e. The molecule has 0 saturated carbocycles. The highest BCUT2D eigenvalue weighted by Gasteiger charge is 2.58. The number of carbonyl (C=O) groups excluding carboxylic acids is 2. The molecule has 4 atom stereocenters. The summed E-state index contributed by atoms with van der Waals surface area (Å²) >= 11 is 0. The van der Waals surface area contributed by atoms with Gasteiger partial charge in [0, 0.05) is 6.42 Å². The number of ether oxygens (including phenoxy) is 1. The van der Waals surface area contributed by atoms with E-state index >= 15 is 0 Å². The Morgan fingerprint density at radius 1 is 1.52 bits per heavy atom. The number of carbonyl (C=O) groups is 2. The lowest BCUT2D eigenvalue weighted by atomic mass is 10.1. The standard InChI is InChI=1S/C10H13N5O6/c11-8-13-7(18)6-10(20,14-8)15(9(19)12-6)5-1-3(17)4(2-16)21-5/h3-5,16-17,20H,1-2H2,(H3,11,13,14,18)/t3-,4+,5?,10+/m0/s1. The zero-order chi connectivity index (χ0) is 15.4. The molecule has 3 rings (SSSR count). The normalized spacial score (nSPS) is 39.0. The largest absolute Gasteiger partial charge is 0.394 e. The molecule has 21 heavy (non-hydrogen) atoms. The SMILES string of the molecule is NC1=N[C@]2(O)C(=NC(=O)N2C2C[C@H](O)[C@@H](CO)O2)C(=O)N1. The van der Waals surface area contributed by atoms with Crippen molar-refractivity contribution in [2.75, 3.05) is 6.61 Å². The predicted octanol–water partition coefficient (Wildman–Crippen LogP) is -3.58. The third-order valence-electron chi connectivity index (χ3n) is 3.47. The van der Waals surface area contributed by atoms with Gasteiger partial charge in [-0.2, -0.15) is 9.98 Å². The van der Waals surface area contributed by atoms with Gasteiger partial charge in [0.25, 0.3) is 11.8 Å². The lowest BCUT2D eigenvalue weighted by Crippen LogP contribution is -2.63. The lowest BCUT2D eigenvalue weighted by molar-refractivity contribution is -0.130. The van der Waals surface area contributed by atoms with Gasteiger partial charge in [0.15, 0.2) is 11.7 Å². The first-order chi connectivity index (χ1) is 9.86. The molecule has 0 aliphatic carbocycles. The number of aliphatic imine (C=N–C) groups is 2. The van der Waals surface area contributed by atoms with Crippen LogP contribution in [0.1, 0.15) is 6.42 Å². The minimum Gasteiger partial charge on any atom is -0.394 e. The summed E-state index contributed by atoms with van der Waals surface area (Å²) in [6.07, 6.45) is -3.11. The molecule has 0 aromatic carbocycles. The summed E-state index contributed by atoms with van der Waals surface area (Å²) < 4.78 is 5.29. The summed E-state index contributed by atoms with van der Waals surface area (Å²) in [5, 5.41) is 31.4. The fourth-order valence-electron chi connectivity index (χ4n) is 2.51. The molecule has 11 nitrogen and oxygen atoms in total. The second-order valence-corrected chi connectivity index (χ2v) is 4.81. The summed E-state index contributed by atoms with van der Waals surface area (Å²) in [6.45, 7) is -0.461. The van der Waals surface area contributed by atoms with Crippen LogP contribution in [-0.2, 0) is 9.53 Å². The van der Waals surface area contributed by atoms with E-state index < -0.39 is 48.5 Å². The number of aliphatic hydroxyl groups excluding tert-OH is 2. The zero-order valence-corrected chi connectivity index (χ0v) is 10.6. The van der Waals surface area contributed by atoms with Crippen LogP contribution >= 0.6 is 0 Å². The van der Waals surface area contributed by atoms with Gasteiger partial charge in [-0.25, -0.2) is 9.69 Å². The number of rotatable bonds is 2. The minimum atomic E-state index is -2.38. The van der Waals surface area contributed by atoms with E-state index in [4.69, 9.17) is 15.6 Å². The van der Waals surface area contributed by atoms with Crippen molar-refractivity contribution >= 4 is 23.6 Å². The van der Waals surface area contributed by atoms with Gasteiger partial charge in [0.1, 0.15) is 12.3 Å². The first-order valence-corrected chi connectivity index (χ1v) is 6.12. The summed E-state index contributed by atoms with van der Waals surface area (Å²) in [7, 11) is 0. The van der Waals surface area contributed by atoms with Crippen LogP contribution in [0.3, 0.4) is 0 Å². The number of nitrogens with one attached hydrogen (secondary N) is 1. The number of nitrogens with two attached hydrogens (primary N) is 1. The third kappa shape index (κ3) is 1.90. The van der Waals surface area contributed by atoms with Crippen molar-refractivity contribution in [2.45, 2.75) is 30.7 Å². The average molecular weight is 299 g/mol. The van der Waals surface area contributed by atoms with Crippen LogP contribution < -0.4 is 11.1 Å². The number of hydrogen-bond acceptors (Lipinski definition) is 8. The first kappa shape index (κ1) is 13.9. The Morgan fingerprint density at radius 3 is 2.86 bits per heavy atom. The van der Waals surface area contributed by atoms with Gasteiger partial charge < -0.3 is 25.8 Å². The number of guanidine groups is 1. The fourth-order valence-corrected chi connectivity index (χ4v) is 2.51. The van der Waals surface area contributed by atoms with Crippen LogP contribution in [0.25, 0.3) is 0 Å². The molecule has 3 amide bonds. The lowest BCUT2D eigenvalue weighted by Gasteiger charge is -2.35. The Balaban J connectivity index is 1.96. The molecule has 0 aromatic rings. The Morgan fingerprint density at radius 2 is 2.24 bits per heavy atom. The molecule has 0 bridgehead atoms. The van der Waals surface area contributed by atoms with Crippen LogP contribution in [0.15, 0.2) is 9.98 Å². The Labute approximate surface area is 117 Å². The number of aliphatic hydroxyl groups is 3.